The summed E-state index contributed by atoms with van der Waals surface area (Å²) in [6.45, 7) is 7.55. The molecule has 2 aliphatic carbocycles. The van der Waals surface area contributed by atoms with E-state index in [1.54, 1.807) is 12.1 Å². The van der Waals surface area contributed by atoms with Gasteiger partial charge >= 0.3 is 0 Å². The number of nitrogens with one attached hydrogen (secondary N) is 3. The van der Waals surface area contributed by atoms with E-state index in [4.69, 9.17) is 16.5 Å². The number of hydrogen-bond donors (Lipinski definition) is 3. The minimum atomic E-state index is -0.398. The highest BCUT2D eigenvalue weighted by Crippen LogP contribution is 2.29. The zero-order valence-corrected chi connectivity index (χ0v) is 21.2. The fourth-order valence-corrected chi connectivity index (χ4v) is 4.93. The summed E-state index contributed by atoms with van der Waals surface area (Å²) in [7, 11) is 0. The highest BCUT2D eigenvalue weighted by Gasteiger charge is 2.25. The highest BCUT2D eigenvalue weighted by atomic mass is 16.2. The lowest BCUT2D eigenvalue weighted by Crippen LogP contribution is -2.40. The van der Waals surface area contributed by atoms with Gasteiger partial charge in [-0.25, -0.2) is 4.85 Å². The van der Waals surface area contributed by atoms with E-state index in [2.05, 4.69) is 20.8 Å². The van der Waals surface area contributed by atoms with Gasteiger partial charge in [0.15, 0.2) is 5.69 Å². The standard InChI is InChI=1S/C29H35N7O/c1-30-23-12-9-22(10-13-23)20-31-28(37)25(16-11-21-7-3-2-4-8-21)33-26-19-27(36-17-5-6-18-36)35-29(34-26)32-24-14-15-24/h5-6,9-10,12-13,17-19,21,24-25H,2-4,7-8,11,14-16,20H2,(H,31,37)(H2,32,33,34,35). The number of amides is 1. The molecule has 1 amide bonds. The van der Waals surface area contributed by atoms with E-state index in [0.29, 0.717) is 36.0 Å². The molecular weight excluding hydrogens is 462 g/mol. The van der Waals surface area contributed by atoms with Crippen LogP contribution in [-0.2, 0) is 11.3 Å². The highest BCUT2D eigenvalue weighted by molar-refractivity contribution is 5.84. The summed E-state index contributed by atoms with van der Waals surface area (Å²) in [6, 6.07) is 13.2. The molecule has 192 valence electrons. The van der Waals surface area contributed by atoms with E-state index in [1.165, 1.54) is 32.1 Å². The maximum Gasteiger partial charge on any atom is 0.242 e. The van der Waals surface area contributed by atoms with Crippen LogP contribution in [-0.4, -0.2) is 32.5 Å². The SMILES string of the molecule is [C-]#[N+]c1ccc(CNC(=O)C(CCC2CCCCC2)Nc2cc(-n3cccc3)nc(NC3CC3)n2)cc1. The first-order chi connectivity index (χ1) is 18.2. The Labute approximate surface area is 218 Å². The summed E-state index contributed by atoms with van der Waals surface area (Å²) in [6.07, 6.45) is 14.4. The lowest BCUT2D eigenvalue weighted by molar-refractivity contribution is -0.122. The molecule has 1 unspecified atom stereocenters. The molecule has 3 aromatic rings. The van der Waals surface area contributed by atoms with Crippen molar-refractivity contribution in [2.45, 2.75) is 76.4 Å². The smallest absolute Gasteiger partial charge is 0.242 e. The Morgan fingerprint density at radius 1 is 1.05 bits per heavy atom. The summed E-state index contributed by atoms with van der Waals surface area (Å²) >= 11 is 0. The molecule has 0 radical (unpaired) electrons. The minimum Gasteiger partial charge on any atom is -0.358 e. The van der Waals surface area contributed by atoms with Crippen LogP contribution in [0.4, 0.5) is 17.5 Å². The first-order valence-corrected chi connectivity index (χ1v) is 13.5. The first-order valence-electron chi connectivity index (χ1n) is 13.5. The van der Waals surface area contributed by atoms with Crippen LogP contribution in [0.5, 0.6) is 0 Å². The van der Waals surface area contributed by atoms with Crippen LogP contribution in [0, 0.1) is 12.5 Å². The van der Waals surface area contributed by atoms with Gasteiger partial charge in [0.05, 0.1) is 6.57 Å². The maximum atomic E-state index is 13.4. The minimum absolute atomic E-state index is 0.0390. The third kappa shape index (κ3) is 7.10. The molecule has 8 heteroatoms. The predicted octanol–water partition coefficient (Wildman–Crippen LogP) is 5.85. The number of benzene rings is 1. The summed E-state index contributed by atoms with van der Waals surface area (Å²) in [5.74, 6) is 2.63. The Morgan fingerprint density at radius 2 is 1.81 bits per heavy atom. The molecule has 0 aliphatic heterocycles. The van der Waals surface area contributed by atoms with Gasteiger partial charge in [0.1, 0.15) is 17.7 Å². The van der Waals surface area contributed by atoms with Crippen LogP contribution >= 0.6 is 0 Å². The predicted molar refractivity (Wildman–Crippen MR) is 146 cm³/mol. The van der Waals surface area contributed by atoms with Crippen molar-refractivity contribution in [1.29, 1.82) is 0 Å². The molecule has 37 heavy (non-hydrogen) atoms. The average Bonchev–Trinajstić information content (AvgIpc) is 3.57. The van der Waals surface area contributed by atoms with Crippen molar-refractivity contribution in [2.75, 3.05) is 10.6 Å². The molecule has 0 spiro atoms. The number of anilines is 2. The van der Waals surface area contributed by atoms with Gasteiger partial charge < -0.3 is 20.5 Å². The number of carbonyl (C=O) groups is 1. The number of hydrogen-bond acceptors (Lipinski definition) is 5. The summed E-state index contributed by atoms with van der Waals surface area (Å²) in [5, 5.41) is 9.96. The second-order valence-electron chi connectivity index (χ2n) is 10.2. The van der Waals surface area contributed by atoms with Gasteiger partial charge in [-0.3, -0.25) is 4.79 Å². The Hall–Kier alpha value is -3.86. The molecular formula is C29H35N7O. The number of rotatable bonds is 11. The molecule has 2 heterocycles. The molecule has 2 aromatic heterocycles. The molecule has 1 aromatic carbocycles. The van der Waals surface area contributed by atoms with Gasteiger partial charge in [-0.2, -0.15) is 9.97 Å². The molecule has 5 rings (SSSR count). The third-order valence-electron chi connectivity index (χ3n) is 7.25. The Balaban J connectivity index is 1.32. The van der Waals surface area contributed by atoms with E-state index in [-0.39, 0.29) is 5.91 Å². The Bertz CT molecular complexity index is 1210. The zero-order valence-electron chi connectivity index (χ0n) is 21.2. The van der Waals surface area contributed by atoms with Crippen LogP contribution in [0.3, 0.4) is 0 Å². The van der Waals surface area contributed by atoms with Crippen LogP contribution in [0.15, 0.2) is 54.9 Å². The van der Waals surface area contributed by atoms with Crippen molar-refractivity contribution in [2.24, 2.45) is 5.92 Å². The first kappa shape index (κ1) is 24.8. The quantitative estimate of drug-likeness (QED) is 0.289. The lowest BCUT2D eigenvalue weighted by atomic mass is 9.85. The van der Waals surface area contributed by atoms with Crippen LogP contribution < -0.4 is 16.0 Å². The van der Waals surface area contributed by atoms with Crippen molar-refractivity contribution in [3.63, 3.8) is 0 Å². The molecule has 2 saturated carbocycles. The molecule has 0 saturated heterocycles. The number of carbonyl (C=O) groups excluding carboxylic acids is 1. The van der Waals surface area contributed by atoms with Crippen LogP contribution in [0.2, 0.25) is 0 Å². The lowest BCUT2D eigenvalue weighted by Gasteiger charge is -2.25. The maximum absolute atomic E-state index is 13.4. The van der Waals surface area contributed by atoms with Gasteiger partial charge in [-0.05, 0) is 49.3 Å². The van der Waals surface area contributed by atoms with Crippen LogP contribution in [0.25, 0.3) is 10.7 Å². The molecule has 2 fully saturated rings. The number of nitrogens with zero attached hydrogens (tertiary/aromatic N) is 4. The van der Waals surface area contributed by atoms with Gasteiger partial charge in [0, 0.05) is 31.0 Å². The summed E-state index contributed by atoms with van der Waals surface area (Å²) in [4.78, 5) is 26.3. The molecule has 2 aliphatic rings. The van der Waals surface area contributed by atoms with Crippen molar-refractivity contribution in [3.8, 4) is 5.82 Å². The van der Waals surface area contributed by atoms with Crippen LogP contribution in [0.1, 0.15) is 63.4 Å². The largest absolute Gasteiger partial charge is 0.358 e. The van der Waals surface area contributed by atoms with Gasteiger partial charge in [-0.1, -0.05) is 56.4 Å². The molecule has 1 atom stereocenters. The number of aromatic nitrogens is 3. The van der Waals surface area contributed by atoms with E-state index < -0.39 is 6.04 Å². The molecule has 3 N–H and O–H groups in total. The van der Waals surface area contributed by atoms with Gasteiger partial charge in [0.25, 0.3) is 0 Å². The van der Waals surface area contributed by atoms with Crippen molar-refractivity contribution < 1.29 is 4.79 Å². The van der Waals surface area contributed by atoms with E-state index in [0.717, 1.165) is 37.1 Å². The van der Waals surface area contributed by atoms with E-state index in [9.17, 15) is 4.79 Å². The van der Waals surface area contributed by atoms with Crippen molar-refractivity contribution in [1.82, 2.24) is 19.9 Å². The third-order valence-corrected chi connectivity index (χ3v) is 7.25. The fraction of sp³-hybridized carbons (Fsp3) is 0.448. The zero-order chi connectivity index (χ0) is 25.5. The molecule has 0 bridgehead atoms. The normalized spacial score (nSPS) is 16.5. The average molecular weight is 498 g/mol. The fourth-order valence-electron chi connectivity index (χ4n) is 4.93. The second-order valence-corrected chi connectivity index (χ2v) is 10.2. The second kappa shape index (κ2) is 11.9. The topological polar surface area (TPSA) is 88.2 Å². The molecule has 8 nitrogen and oxygen atoms in total. The van der Waals surface area contributed by atoms with Gasteiger partial charge in [0.2, 0.25) is 11.9 Å². The summed E-state index contributed by atoms with van der Waals surface area (Å²) < 4.78 is 1.95. The Morgan fingerprint density at radius 3 is 2.51 bits per heavy atom. The van der Waals surface area contributed by atoms with Crippen molar-refractivity contribution in [3.05, 3.63) is 71.8 Å². The monoisotopic (exact) mass is 497 g/mol. The van der Waals surface area contributed by atoms with Crippen molar-refractivity contribution >= 4 is 23.4 Å². The van der Waals surface area contributed by atoms with E-state index in [1.807, 2.05) is 47.3 Å². The van der Waals surface area contributed by atoms with Gasteiger partial charge in [-0.15, -0.1) is 0 Å². The Kier molecular flexibility index (Phi) is 7.99. The van der Waals surface area contributed by atoms with E-state index >= 15 is 0 Å². The summed E-state index contributed by atoms with van der Waals surface area (Å²) in [5.41, 5.74) is 1.57.